The van der Waals surface area contributed by atoms with Crippen LogP contribution >= 0.6 is 0 Å². The molecule has 10 unspecified atom stereocenters. The van der Waals surface area contributed by atoms with Crippen molar-refractivity contribution < 1.29 is 50.0 Å². The molecule has 0 aromatic heterocycles. The van der Waals surface area contributed by atoms with Crippen LogP contribution in [0.4, 0.5) is 0 Å². The average Bonchev–Trinajstić information content (AvgIpc) is 2.49. The maximum absolute atomic E-state index is 9.93. The van der Waals surface area contributed by atoms with Crippen molar-refractivity contribution >= 4 is 0 Å². The lowest BCUT2D eigenvalue weighted by Crippen LogP contribution is -2.63. The Bertz CT molecular complexity index is 368. The number of ether oxygens (including phenoxy) is 3. The van der Waals surface area contributed by atoms with E-state index in [4.69, 9.17) is 19.3 Å². The van der Waals surface area contributed by atoms with Gasteiger partial charge in [-0.05, 0) is 6.92 Å². The van der Waals surface area contributed by atoms with E-state index in [1.807, 2.05) is 0 Å². The van der Waals surface area contributed by atoms with E-state index in [9.17, 15) is 30.6 Å². The van der Waals surface area contributed by atoms with Crippen molar-refractivity contribution in [2.24, 2.45) is 0 Å². The van der Waals surface area contributed by atoms with Gasteiger partial charge in [-0.15, -0.1) is 0 Å². The second-order valence-electron chi connectivity index (χ2n) is 5.51. The Labute approximate surface area is 126 Å². The van der Waals surface area contributed by atoms with Gasteiger partial charge in [0.2, 0.25) is 0 Å². The second-order valence-corrected chi connectivity index (χ2v) is 5.51. The maximum Gasteiger partial charge on any atom is 0.187 e. The van der Waals surface area contributed by atoms with E-state index >= 15 is 0 Å². The van der Waals surface area contributed by atoms with Crippen molar-refractivity contribution in [2.75, 3.05) is 6.61 Å². The van der Waals surface area contributed by atoms with Gasteiger partial charge in [0.1, 0.15) is 42.7 Å². The van der Waals surface area contributed by atoms with Crippen molar-refractivity contribution in [1.29, 1.82) is 0 Å². The first kappa shape index (κ1) is 17.9. The number of hydrogen-bond donors (Lipinski definition) is 7. The van der Waals surface area contributed by atoms with E-state index in [-0.39, 0.29) is 0 Å². The Morgan fingerprint density at radius 2 is 1.45 bits per heavy atom. The third-order valence-electron chi connectivity index (χ3n) is 3.94. The van der Waals surface area contributed by atoms with Gasteiger partial charge in [0.15, 0.2) is 12.6 Å². The first-order valence-corrected chi connectivity index (χ1v) is 6.93. The third-order valence-corrected chi connectivity index (χ3v) is 3.94. The molecule has 2 aliphatic rings. The van der Waals surface area contributed by atoms with Crippen molar-refractivity contribution in [2.45, 2.75) is 68.3 Å². The highest BCUT2D eigenvalue weighted by atomic mass is 16.7. The minimum atomic E-state index is -1.69. The van der Waals surface area contributed by atoms with E-state index in [0.29, 0.717) is 0 Å². The molecule has 10 heteroatoms. The quantitative estimate of drug-likeness (QED) is 0.269. The van der Waals surface area contributed by atoms with Gasteiger partial charge < -0.3 is 50.0 Å². The number of aliphatic hydroxyl groups is 7. The van der Waals surface area contributed by atoms with Gasteiger partial charge in [-0.25, -0.2) is 0 Å². The second kappa shape index (κ2) is 7.01. The molecule has 0 amide bonds. The smallest absolute Gasteiger partial charge is 0.187 e. The Hall–Kier alpha value is -0.400. The summed E-state index contributed by atoms with van der Waals surface area (Å²) in [7, 11) is 0. The van der Waals surface area contributed by atoms with Crippen LogP contribution < -0.4 is 0 Å². The summed E-state index contributed by atoms with van der Waals surface area (Å²) in [6, 6.07) is 0. The monoisotopic (exact) mass is 326 g/mol. The fraction of sp³-hybridized carbons (Fsp3) is 1.00. The fourth-order valence-electron chi connectivity index (χ4n) is 2.50. The molecule has 22 heavy (non-hydrogen) atoms. The molecular weight excluding hydrogens is 304 g/mol. The highest BCUT2D eigenvalue weighted by Crippen LogP contribution is 2.28. The highest BCUT2D eigenvalue weighted by Gasteiger charge is 2.49. The van der Waals surface area contributed by atoms with Crippen molar-refractivity contribution in [3.05, 3.63) is 0 Å². The van der Waals surface area contributed by atoms with Crippen molar-refractivity contribution in [1.82, 2.24) is 0 Å². The minimum absolute atomic E-state index is 0.619. The molecule has 130 valence electrons. The third kappa shape index (κ3) is 3.26. The summed E-state index contributed by atoms with van der Waals surface area (Å²) in [6.45, 7) is 0.823. The molecule has 0 radical (unpaired) electrons. The first-order valence-electron chi connectivity index (χ1n) is 6.93. The van der Waals surface area contributed by atoms with E-state index in [0.717, 1.165) is 0 Å². The lowest BCUT2D eigenvalue weighted by Gasteiger charge is -2.44. The normalized spacial score (nSPS) is 53.5. The summed E-state index contributed by atoms with van der Waals surface area (Å²) in [5.74, 6) is 0. The van der Waals surface area contributed by atoms with Gasteiger partial charge in [-0.1, -0.05) is 0 Å². The van der Waals surface area contributed by atoms with Crippen LogP contribution in [0.1, 0.15) is 6.92 Å². The molecule has 10 atom stereocenters. The number of rotatable bonds is 3. The van der Waals surface area contributed by atoms with Crippen molar-refractivity contribution in [3.8, 4) is 0 Å². The largest absolute Gasteiger partial charge is 0.394 e. The van der Waals surface area contributed by atoms with Gasteiger partial charge in [-0.2, -0.15) is 0 Å². The predicted molar refractivity (Wildman–Crippen MR) is 67.2 cm³/mol. The Kier molecular flexibility index (Phi) is 5.72. The molecule has 7 N–H and O–H groups in total. The summed E-state index contributed by atoms with van der Waals surface area (Å²) in [5, 5.41) is 67.5. The first-order chi connectivity index (χ1) is 10.3. The molecule has 2 saturated heterocycles. The van der Waals surface area contributed by atoms with Crippen LogP contribution in [-0.2, 0) is 14.2 Å². The molecule has 2 heterocycles. The predicted octanol–water partition coefficient (Wildman–Crippen LogP) is -4.37. The lowest BCUT2D eigenvalue weighted by molar-refractivity contribution is -0.358. The Morgan fingerprint density at radius 1 is 0.818 bits per heavy atom. The minimum Gasteiger partial charge on any atom is -0.394 e. The topological polar surface area (TPSA) is 169 Å². The zero-order valence-electron chi connectivity index (χ0n) is 11.8. The van der Waals surface area contributed by atoms with E-state index < -0.39 is 68.0 Å². The van der Waals surface area contributed by atoms with Gasteiger partial charge in [0.05, 0.1) is 12.7 Å². The van der Waals surface area contributed by atoms with Gasteiger partial charge in [0.25, 0.3) is 0 Å². The zero-order chi connectivity index (χ0) is 16.6. The molecule has 2 rings (SSSR count). The fourth-order valence-corrected chi connectivity index (χ4v) is 2.50. The average molecular weight is 326 g/mol. The molecule has 0 spiro atoms. The summed E-state index contributed by atoms with van der Waals surface area (Å²) in [6.07, 6.45) is -14.3. The van der Waals surface area contributed by atoms with Crippen LogP contribution in [0, 0.1) is 0 Å². The van der Waals surface area contributed by atoms with Crippen molar-refractivity contribution in [3.63, 3.8) is 0 Å². The number of aliphatic hydroxyl groups excluding tert-OH is 7. The summed E-state index contributed by atoms with van der Waals surface area (Å²) >= 11 is 0. The Balaban J connectivity index is 2.06. The molecule has 2 aliphatic heterocycles. The lowest BCUT2D eigenvalue weighted by atomic mass is 9.97. The SMILES string of the molecule is CC1OC(OC2C(O)OC(CO)C(O)C2O)C(O)C(O)C1O. The molecule has 10 nitrogen and oxygen atoms in total. The molecule has 0 aromatic carbocycles. The molecule has 0 saturated carbocycles. The van der Waals surface area contributed by atoms with Gasteiger partial charge >= 0.3 is 0 Å². The van der Waals surface area contributed by atoms with Crippen LogP contribution in [0.2, 0.25) is 0 Å². The standard InChI is InChI=1S/C12H22O10/c1-3-5(14)7(16)9(18)12(20-3)22-10-8(17)6(15)4(2-13)21-11(10)19/h3-19H,2H2,1H3. The maximum atomic E-state index is 9.93. The number of hydrogen-bond acceptors (Lipinski definition) is 10. The van der Waals surface area contributed by atoms with E-state index in [1.54, 1.807) is 0 Å². The van der Waals surface area contributed by atoms with Crippen LogP contribution in [0.5, 0.6) is 0 Å². The van der Waals surface area contributed by atoms with E-state index in [1.165, 1.54) is 6.92 Å². The molecular formula is C12H22O10. The zero-order valence-corrected chi connectivity index (χ0v) is 11.8. The summed E-state index contributed by atoms with van der Waals surface area (Å²) in [5.41, 5.74) is 0. The van der Waals surface area contributed by atoms with Crippen LogP contribution in [-0.4, -0.2) is 104 Å². The van der Waals surface area contributed by atoms with Crippen LogP contribution in [0.3, 0.4) is 0 Å². The Morgan fingerprint density at radius 3 is 2.05 bits per heavy atom. The van der Waals surface area contributed by atoms with E-state index in [2.05, 4.69) is 0 Å². The molecule has 2 fully saturated rings. The van der Waals surface area contributed by atoms with Crippen LogP contribution in [0.15, 0.2) is 0 Å². The summed E-state index contributed by atoms with van der Waals surface area (Å²) in [4.78, 5) is 0. The molecule has 0 aliphatic carbocycles. The van der Waals surface area contributed by atoms with Gasteiger partial charge in [-0.3, -0.25) is 0 Å². The summed E-state index contributed by atoms with van der Waals surface area (Å²) < 4.78 is 15.3. The molecule has 0 bridgehead atoms. The molecule has 0 aromatic rings. The van der Waals surface area contributed by atoms with Gasteiger partial charge in [0, 0.05) is 0 Å². The van der Waals surface area contributed by atoms with Crippen LogP contribution in [0.25, 0.3) is 0 Å². The highest BCUT2D eigenvalue weighted by molar-refractivity contribution is 4.92.